The smallest absolute Gasteiger partial charge is 0.189 e. The molecule has 0 saturated heterocycles. The molecule has 2 aromatic rings. The Morgan fingerprint density at radius 3 is 2.83 bits per heavy atom. The van der Waals surface area contributed by atoms with Crippen molar-refractivity contribution in [3.8, 4) is 5.75 Å². The summed E-state index contributed by atoms with van der Waals surface area (Å²) in [5.41, 5.74) is 8.36. The molecule has 5 heteroatoms. The van der Waals surface area contributed by atoms with Crippen molar-refractivity contribution in [1.82, 2.24) is 5.32 Å². The number of guanidine groups is 1. The zero-order chi connectivity index (χ0) is 16.1. The summed E-state index contributed by atoms with van der Waals surface area (Å²) >= 11 is 5.88. The third kappa shape index (κ3) is 4.17. The van der Waals surface area contributed by atoms with E-state index >= 15 is 0 Å². The number of ether oxygens (including phenoxy) is 1. The number of rotatable bonds is 4. The minimum absolute atomic E-state index is 0.152. The highest BCUT2D eigenvalue weighted by molar-refractivity contribution is 6.30. The van der Waals surface area contributed by atoms with Gasteiger partial charge in [-0.05, 0) is 30.2 Å². The fourth-order valence-corrected chi connectivity index (χ4v) is 2.80. The Bertz CT molecular complexity index is 685. The molecule has 23 heavy (non-hydrogen) atoms. The van der Waals surface area contributed by atoms with Crippen molar-refractivity contribution in [3.05, 3.63) is 64.7 Å². The van der Waals surface area contributed by atoms with E-state index in [0.717, 1.165) is 29.2 Å². The number of halogens is 1. The van der Waals surface area contributed by atoms with E-state index in [9.17, 15) is 0 Å². The quantitative estimate of drug-likeness (QED) is 0.668. The van der Waals surface area contributed by atoms with Gasteiger partial charge in [0.05, 0.1) is 12.6 Å². The lowest BCUT2D eigenvalue weighted by Crippen LogP contribution is -2.37. The number of para-hydroxylation sites is 1. The van der Waals surface area contributed by atoms with Crippen LogP contribution < -0.4 is 15.8 Å². The SMILES string of the molecule is NC(=NCCc1ccc(Cl)cc1)NC1CCOc2ccccc21. The van der Waals surface area contributed by atoms with Crippen LogP contribution in [0.5, 0.6) is 5.75 Å². The van der Waals surface area contributed by atoms with Crippen LogP contribution in [-0.2, 0) is 6.42 Å². The molecule has 3 rings (SSSR count). The van der Waals surface area contributed by atoms with Gasteiger partial charge in [0.2, 0.25) is 0 Å². The Hall–Kier alpha value is -2.20. The number of benzene rings is 2. The van der Waals surface area contributed by atoms with E-state index in [1.54, 1.807) is 0 Å². The molecule has 2 aromatic carbocycles. The van der Waals surface area contributed by atoms with Crippen LogP contribution >= 0.6 is 11.6 Å². The van der Waals surface area contributed by atoms with Gasteiger partial charge in [-0.1, -0.05) is 41.9 Å². The van der Waals surface area contributed by atoms with Crippen LogP contribution in [0.25, 0.3) is 0 Å². The molecule has 120 valence electrons. The molecular weight excluding hydrogens is 310 g/mol. The first-order chi connectivity index (χ1) is 11.2. The van der Waals surface area contributed by atoms with Gasteiger partial charge in [0.15, 0.2) is 5.96 Å². The zero-order valence-electron chi connectivity index (χ0n) is 12.8. The molecule has 0 saturated carbocycles. The van der Waals surface area contributed by atoms with Crippen molar-refractivity contribution in [3.63, 3.8) is 0 Å². The van der Waals surface area contributed by atoms with Gasteiger partial charge in [0.1, 0.15) is 5.75 Å². The van der Waals surface area contributed by atoms with E-state index in [1.807, 2.05) is 42.5 Å². The van der Waals surface area contributed by atoms with Crippen molar-refractivity contribution in [1.29, 1.82) is 0 Å². The van der Waals surface area contributed by atoms with E-state index in [0.29, 0.717) is 19.1 Å². The van der Waals surface area contributed by atoms with E-state index in [2.05, 4.69) is 16.4 Å². The lowest BCUT2D eigenvalue weighted by Gasteiger charge is -2.26. The van der Waals surface area contributed by atoms with Gasteiger partial charge < -0.3 is 15.8 Å². The summed E-state index contributed by atoms with van der Waals surface area (Å²) in [5, 5.41) is 4.04. The van der Waals surface area contributed by atoms with Gasteiger partial charge in [-0.2, -0.15) is 0 Å². The lowest BCUT2D eigenvalue weighted by molar-refractivity contribution is 0.262. The molecule has 1 aliphatic heterocycles. The summed E-state index contributed by atoms with van der Waals surface area (Å²) in [5.74, 6) is 1.39. The van der Waals surface area contributed by atoms with Crippen molar-refractivity contribution in [2.75, 3.05) is 13.2 Å². The van der Waals surface area contributed by atoms with Crippen LogP contribution in [0.1, 0.15) is 23.6 Å². The molecule has 0 aliphatic carbocycles. The summed E-state index contributed by atoms with van der Waals surface area (Å²) in [4.78, 5) is 4.42. The number of aliphatic imine (C=N–C) groups is 1. The van der Waals surface area contributed by atoms with E-state index < -0.39 is 0 Å². The molecule has 0 spiro atoms. The van der Waals surface area contributed by atoms with Crippen molar-refractivity contribution in [2.24, 2.45) is 10.7 Å². The maximum Gasteiger partial charge on any atom is 0.189 e. The highest BCUT2D eigenvalue weighted by atomic mass is 35.5. The molecule has 4 nitrogen and oxygen atoms in total. The Morgan fingerprint density at radius 2 is 2.00 bits per heavy atom. The predicted octanol–water partition coefficient (Wildman–Crippen LogP) is 3.31. The van der Waals surface area contributed by atoms with E-state index in [1.165, 1.54) is 5.56 Å². The molecule has 0 amide bonds. The monoisotopic (exact) mass is 329 g/mol. The fourth-order valence-electron chi connectivity index (χ4n) is 2.67. The first-order valence-corrected chi connectivity index (χ1v) is 8.13. The van der Waals surface area contributed by atoms with E-state index in [4.69, 9.17) is 22.1 Å². The Kier molecular flexibility index (Phi) is 5.03. The van der Waals surface area contributed by atoms with E-state index in [-0.39, 0.29) is 6.04 Å². The van der Waals surface area contributed by atoms with Gasteiger partial charge in [-0.3, -0.25) is 4.99 Å². The maximum absolute atomic E-state index is 6.03. The fraction of sp³-hybridized carbons (Fsp3) is 0.278. The zero-order valence-corrected chi connectivity index (χ0v) is 13.6. The highest BCUT2D eigenvalue weighted by Crippen LogP contribution is 2.31. The molecule has 0 radical (unpaired) electrons. The second-order valence-corrected chi connectivity index (χ2v) is 5.95. The first-order valence-electron chi connectivity index (χ1n) is 7.75. The second kappa shape index (κ2) is 7.38. The Morgan fingerprint density at radius 1 is 1.22 bits per heavy atom. The summed E-state index contributed by atoms with van der Waals surface area (Å²) in [7, 11) is 0. The number of hydrogen-bond donors (Lipinski definition) is 2. The summed E-state index contributed by atoms with van der Waals surface area (Å²) < 4.78 is 5.65. The predicted molar refractivity (Wildman–Crippen MR) is 94.1 cm³/mol. The standard InChI is InChI=1S/C18H20ClN3O/c19-14-7-5-13(6-8-14)9-11-21-18(20)22-16-10-12-23-17-4-2-1-3-15(16)17/h1-8,16H,9-12H2,(H3,20,21,22). The molecule has 0 aromatic heterocycles. The molecular formula is C18H20ClN3O. The molecule has 1 heterocycles. The topological polar surface area (TPSA) is 59.6 Å². The summed E-state index contributed by atoms with van der Waals surface area (Å²) in [6.07, 6.45) is 1.72. The number of hydrogen-bond acceptors (Lipinski definition) is 2. The Balaban J connectivity index is 1.57. The van der Waals surface area contributed by atoms with Crippen LogP contribution in [0.3, 0.4) is 0 Å². The van der Waals surface area contributed by atoms with Crippen LogP contribution in [0.15, 0.2) is 53.5 Å². The molecule has 1 atom stereocenters. The van der Waals surface area contributed by atoms with Gasteiger partial charge in [0, 0.05) is 23.6 Å². The van der Waals surface area contributed by atoms with Crippen LogP contribution in [0.2, 0.25) is 5.02 Å². The van der Waals surface area contributed by atoms with Gasteiger partial charge in [-0.25, -0.2) is 0 Å². The van der Waals surface area contributed by atoms with Crippen molar-refractivity contribution >= 4 is 17.6 Å². The average Bonchev–Trinajstić information content (AvgIpc) is 2.57. The van der Waals surface area contributed by atoms with Gasteiger partial charge in [0.25, 0.3) is 0 Å². The second-order valence-electron chi connectivity index (χ2n) is 5.52. The lowest BCUT2D eigenvalue weighted by atomic mass is 10.0. The number of nitrogens with two attached hydrogens (primary N) is 1. The number of fused-ring (bicyclic) bond motifs is 1. The third-order valence-corrected chi connectivity index (χ3v) is 4.13. The molecule has 1 unspecified atom stereocenters. The van der Waals surface area contributed by atoms with Crippen LogP contribution in [0, 0.1) is 0 Å². The molecule has 0 bridgehead atoms. The number of nitrogens with one attached hydrogen (secondary N) is 1. The minimum atomic E-state index is 0.152. The van der Waals surface area contributed by atoms with Crippen LogP contribution in [-0.4, -0.2) is 19.1 Å². The third-order valence-electron chi connectivity index (χ3n) is 3.88. The van der Waals surface area contributed by atoms with Crippen LogP contribution in [0.4, 0.5) is 0 Å². The largest absolute Gasteiger partial charge is 0.493 e. The van der Waals surface area contributed by atoms with Gasteiger partial charge >= 0.3 is 0 Å². The van der Waals surface area contributed by atoms with Crippen molar-refractivity contribution in [2.45, 2.75) is 18.9 Å². The minimum Gasteiger partial charge on any atom is -0.493 e. The molecule has 3 N–H and O–H groups in total. The number of nitrogens with zero attached hydrogens (tertiary/aromatic N) is 1. The molecule has 1 aliphatic rings. The van der Waals surface area contributed by atoms with Gasteiger partial charge in [-0.15, -0.1) is 0 Å². The summed E-state index contributed by atoms with van der Waals surface area (Å²) in [6.45, 7) is 1.33. The molecule has 0 fully saturated rings. The Labute approximate surface area is 141 Å². The normalized spacial score (nSPS) is 17.3. The van der Waals surface area contributed by atoms with Crippen molar-refractivity contribution < 1.29 is 4.74 Å². The summed E-state index contributed by atoms with van der Waals surface area (Å²) in [6, 6.07) is 16.0. The first kappa shape index (κ1) is 15.7. The maximum atomic E-state index is 6.03. The average molecular weight is 330 g/mol. The highest BCUT2D eigenvalue weighted by Gasteiger charge is 2.21.